The van der Waals surface area contributed by atoms with Crippen molar-refractivity contribution in [2.45, 2.75) is 155 Å². The van der Waals surface area contributed by atoms with Gasteiger partial charge in [-0.15, -0.1) is 0 Å². The molecule has 0 aromatic heterocycles. The number of aliphatic hydroxyl groups excluding tert-OH is 2. The number of benzene rings is 2. The molecule has 18 heteroatoms. The molecule has 3 N–H and O–H groups in total. The highest BCUT2D eigenvalue weighted by Gasteiger charge is 2.49. The lowest BCUT2D eigenvalue weighted by molar-refractivity contribution is -0.146. The second-order valence-electron chi connectivity index (χ2n) is 22.7. The van der Waals surface area contributed by atoms with E-state index in [0.717, 1.165) is 69.2 Å². The van der Waals surface area contributed by atoms with Crippen LogP contribution in [0.25, 0.3) is 0 Å². The number of allylic oxidation sites excluding steroid dienone is 1. The monoisotopic (exact) mass is 1050 g/mol. The number of nitrogens with zero attached hydrogens (tertiary/aromatic N) is 4. The van der Waals surface area contributed by atoms with Gasteiger partial charge in [0.15, 0.2) is 12.2 Å². The molecule has 17 nitrogen and oxygen atoms in total. The number of piperidine rings is 2. The highest BCUT2D eigenvalue weighted by Crippen LogP contribution is 2.50. The number of carbonyl (C=O) groups is 4. The van der Waals surface area contributed by atoms with Crippen molar-refractivity contribution >= 4 is 31.3 Å². The molecule has 420 valence electrons. The van der Waals surface area contributed by atoms with Crippen molar-refractivity contribution in [1.82, 2.24) is 24.8 Å². The van der Waals surface area contributed by atoms with Crippen molar-refractivity contribution < 1.29 is 57.6 Å². The lowest BCUT2D eigenvalue weighted by Crippen LogP contribution is -2.47. The average molecular weight is 1050 g/mol. The van der Waals surface area contributed by atoms with Gasteiger partial charge in [-0.3, -0.25) is 9.59 Å². The number of hydrogen-bond acceptors (Lipinski definition) is 13. The molecule has 2 aromatic carbocycles. The highest BCUT2D eigenvalue weighted by molar-refractivity contribution is 6.43. The van der Waals surface area contributed by atoms with Crippen molar-refractivity contribution in [3.8, 4) is 0 Å². The molecule has 1 aliphatic carbocycles. The van der Waals surface area contributed by atoms with Crippen molar-refractivity contribution in [2.75, 3.05) is 74.1 Å². The Balaban J connectivity index is 0.000000247. The van der Waals surface area contributed by atoms with Gasteiger partial charge in [0, 0.05) is 54.4 Å². The molecule has 0 bridgehead atoms. The summed E-state index contributed by atoms with van der Waals surface area (Å²) in [4.78, 5) is 54.8. The van der Waals surface area contributed by atoms with Crippen LogP contribution in [0.15, 0.2) is 72.8 Å². The Morgan fingerprint density at radius 1 is 0.720 bits per heavy atom. The second kappa shape index (κ2) is 31.6. The molecule has 2 unspecified atom stereocenters. The SMILES string of the molecule is CC(C)(C)OC(=O)N1CCC(/C=C\C[C@@H](O)COCc2ccccc2)CC1.CC(C)(C)OC(=O)N1CCC(C2CC2C[C@@H](O)COCc2ccccc2)CC1.CCCCNB1O[C@H](C(=O)N(C)C)[C@@H](C(=O)N(C)C)O1. The topological polar surface area (TPSA) is 189 Å². The maximum absolute atomic E-state index is 12.2. The number of amides is 4. The number of unbranched alkanes of at least 4 members (excludes halogenated alkanes) is 1. The first-order chi connectivity index (χ1) is 35.5. The molecule has 3 saturated heterocycles. The number of likely N-dealkylation sites (N-methyl/N-ethyl adjacent to an activating group) is 2. The first-order valence-electron chi connectivity index (χ1n) is 27.2. The third kappa shape index (κ3) is 24.1. The fourth-order valence-electron chi connectivity index (χ4n) is 9.06. The number of hydrogen-bond donors (Lipinski definition) is 3. The maximum atomic E-state index is 12.2. The molecular formula is C57H92BN5O12. The van der Waals surface area contributed by atoms with Crippen LogP contribution in [0.2, 0.25) is 0 Å². The van der Waals surface area contributed by atoms with Crippen molar-refractivity contribution in [3.63, 3.8) is 0 Å². The fourth-order valence-corrected chi connectivity index (χ4v) is 9.06. The third-order valence-electron chi connectivity index (χ3n) is 13.2. The van der Waals surface area contributed by atoms with Gasteiger partial charge in [-0.25, -0.2) is 9.59 Å². The van der Waals surface area contributed by atoms with E-state index >= 15 is 0 Å². The molecule has 2 aromatic rings. The maximum Gasteiger partial charge on any atom is 0.556 e. The number of aliphatic hydroxyl groups is 2. The minimum Gasteiger partial charge on any atom is -0.444 e. The van der Waals surface area contributed by atoms with E-state index in [9.17, 15) is 29.4 Å². The lowest BCUT2D eigenvalue weighted by atomic mass is 9.90. The lowest BCUT2D eigenvalue weighted by Gasteiger charge is -2.33. The van der Waals surface area contributed by atoms with E-state index in [2.05, 4.69) is 18.2 Å². The van der Waals surface area contributed by atoms with Crippen LogP contribution in [0, 0.1) is 23.7 Å². The van der Waals surface area contributed by atoms with Crippen LogP contribution in [0.4, 0.5) is 9.59 Å². The fraction of sp³-hybridized carbons (Fsp3) is 0.684. The van der Waals surface area contributed by atoms with Gasteiger partial charge in [-0.05, 0) is 134 Å². The first kappa shape index (κ1) is 63.0. The van der Waals surface area contributed by atoms with E-state index < -0.39 is 36.8 Å². The Morgan fingerprint density at radius 3 is 1.61 bits per heavy atom. The van der Waals surface area contributed by atoms with Crippen LogP contribution in [0.3, 0.4) is 0 Å². The average Bonchev–Trinajstić information content (AvgIpc) is 4.00. The number of carbonyl (C=O) groups excluding carboxylic acids is 4. The van der Waals surface area contributed by atoms with Crippen molar-refractivity contribution in [1.29, 1.82) is 0 Å². The minimum atomic E-state index is -0.904. The molecule has 1 saturated carbocycles. The largest absolute Gasteiger partial charge is 0.556 e. The van der Waals surface area contributed by atoms with Gasteiger partial charge < -0.3 is 63.3 Å². The summed E-state index contributed by atoms with van der Waals surface area (Å²) in [6.07, 6.45) is 9.65. The van der Waals surface area contributed by atoms with Crippen LogP contribution in [-0.4, -0.2) is 171 Å². The van der Waals surface area contributed by atoms with Crippen molar-refractivity contribution in [3.05, 3.63) is 83.9 Å². The summed E-state index contributed by atoms with van der Waals surface area (Å²) in [5.41, 5.74) is 1.36. The summed E-state index contributed by atoms with van der Waals surface area (Å²) in [6, 6.07) is 20.0. The number of ether oxygens (including phenoxy) is 4. The molecule has 4 amide bonds. The summed E-state index contributed by atoms with van der Waals surface area (Å²) in [5.74, 6) is 1.87. The van der Waals surface area contributed by atoms with E-state index in [0.29, 0.717) is 76.2 Å². The quantitative estimate of drug-likeness (QED) is 0.0665. The van der Waals surface area contributed by atoms with Gasteiger partial charge in [-0.2, -0.15) is 0 Å². The molecule has 0 radical (unpaired) electrons. The number of rotatable bonds is 20. The Morgan fingerprint density at radius 2 is 1.17 bits per heavy atom. The van der Waals surface area contributed by atoms with Crippen LogP contribution in [0.1, 0.15) is 117 Å². The third-order valence-corrected chi connectivity index (χ3v) is 13.2. The zero-order valence-electron chi connectivity index (χ0n) is 47.1. The van der Waals surface area contributed by atoms with Gasteiger partial charge in [0.1, 0.15) is 11.2 Å². The summed E-state index contributed by atoms with van der Waals surface area (Å²) < 4.78 is 33.2. The molecule has 3 heterocycles. The molecule has 6 rings (SSSR count). The smallest absolute Gasteiger partial charge is 0.444 e. The summed E-state index contributed by atoms with van der Waals surface area (Å²) >= 11 is 0. The van der Waals surface area contributed by atoms with E-state index in [1.54, 1.807) is 33.1 Å². The molecule has 4 fully saturated rings. The molecule has 75 heavy (non-hydrogen) atoms. The van der Waals surface area contributed by atoms with Crippen LogP contribution in [0.5, 0.6) is 0 Å². The standard InChI is InChI=1S/C23H35NO4.C22H33NO4.C12H24BN3O4/c1-23(2,3)28-22(26)24-11-9-18(10-12-24)21-14-19(21)13-20(25)16-27-15-17-7-5-4-6-8-17;1-22(2,3)27-21(25)23-14-12-18(13-15-23)10-7-11-20(24)17-26-16-19-8-5-4-6-9-19;1-6-7-8-14-13-19-9(11(17)15(2)3)10(20-13)12(18)16(4)5/h4-8,18-21,25H,9-16H2,1-3H3;4-10,18,20,24H,11-17H2,1-3H3;9-10,14H,6-8H2,1-5H3/b;10-7-;/t19?,20-,21?;20-;9-,10-/m110/s1. The van der Waals surface area contributed by atoms with Gasteiger partial charge in [0.2, 0.25) is 0 Å². The number of likely N-dealkylation sites (tertiary alicyclic amines) is 2. The van der Waals surface area contributed by atoms with Crippen LogP contribution < -0.4 is 5.23 Å². The molecule has 3 aliphatic heterocycles. The Labute approximate surface area is 449 Å². The van der Waals surface area contributed by atoms with Crippen molar-refractivity contribution in [2.24, 2.45) is 23.7 Å². The zero-order chi connectivity index (χ0) is 55.1. The Bertz CT molecular complexity index is 1970. The molecule has 6 atom stereocenters. The molecule has 4 aliphatic rings. The van der Waals surface area contributed by atoms with Gasteiger partial charge in [-0.1, -0.05) is 86.2 Å². The predicted octanol–water partition coefficient (Wildman–Crippen LogP) is 7.72. The minimum absolute atomic E-state index is 0.190. The van der Waals surface area contributed by atoms with E-state index in [1.807, 2.05) is 113 Å². The van der Waals surface area contributed by atoms with Gasteiger partial charge >= 0.3 is 19.4 Å². The summed E-state index contributed by atoms with van der Waals surface area (Å²) in [6.45, 7) is 19.0. The first-order valence-corrected chi connectivity index (χ1v) is 27.2. The molecular weight excluding hydrogens is 957 g/mol. The van der Waals surface area contributed by atoms with Gasteiger partial charge in [0.05, 0.1) is 38.6 Å². The van der Waals surface area contributed by atoms with Crippen LogP contribution in [-0.2, 0) is 51.1 Å². The second-order valence-corrected chi connectivity index (χ2v) is 22.7. The summed E-state index contributed by atoms with van der Waals surface area (Å²) in [5, 5.41) is 23.4. The molecule has 0 spiro atoms. The Hall–Kier alpha value is -4.56. The summed E-state index contributed by atoms with van der Waals surface area (Å²) in [7, 11) is 5.78. The van der Waals surface area contributed by atoms with Gasteiger partial charge in [0.25, 0.3) is 11.8 Å². The number of nitrogens with one attached hydrogen (secondary N) is 1. The van der Waals surface area contributed by atoms with E-state index in [1.165, 1.54) is 16.2 Å². The normalized spacial score (nSPS) is 21.1. The predicted molar refractivity (Wildman–Crippen MR) is 291 cm³/mol. The zero-order valence-corrected chi connectivity index (χ0v) is 47.1. The van der Waals surface area contributed by atoms with Crippen LogP contribution >= 0.6 is 0 Å². The highest BCUT2D eigenvalue weighted by atomic mass is 16.7. The van der Waals surface area contributed by atoms with E-state index in [4.69, 9.17) is 28.3 Å². The van der Waals surface area contributed by atoms with E-state index in [-0.39, 0.29) is 30.1 Å². The Kier molecular flexibility index (Phi) is 26.5.